The van der Waals surface area contributed by atoms with Gasteiger partial charge < -0.3 is 10.2 Å². The highest BCUT2D eigenvalue weighted by molar-refractivity contribution is 6.00. The number of rotatable bonds is 5. The third-order valence-corrected chi connectivity index (χ3v) is 3.66. The van der Waals surface area contributed by atoms with E-state index in [2.05, 4.69) is 10.2 Å². The molecule has 0 aromatic heterocycles. The van der Waals surface area contributed by atoms with Crippen molar-refractivity contribution in [1.29, 1.82) is 0 Å². The number of hydrogen-bond donors (Lipinski definition) is 2. The molecule has 3 rings (SSSR count). The van der Waals surface area contributed by atoms with Crippen molar-refractivity contribution < 1.29 is 15.0 Å². The largest absolute Gasteiger partial charge is 0.508 e. The molecule has 0 bridgehead atoms. The summed E-state index contributed by atoms with van der Waals surface area (Å²) < 4.78 is 0. The standard InChI is InChI=1S/C20H16N2O3/c23-16-12-10-15(11-13-16)21-22-18-9-5-4-8-17(18)20(25)19(24)14-6-2-1-3-7-14/h1-13,20,23,25H. The first kappa shape index (κ1) is 16.5. The van der Waals surface area contributed by atoms with Gasteiger partial charge >= 0.3 is 0 Å². The minimum atomic E-state index is -1.32. The van der Waals surface area contributed by atoms with Gasteiger partial charge in [0.05, 0.1) is 11.4 Å². The Balaban J connectivity index is 1.88. The molecule has 0 aliphatic rings. The van der Waals surface area contributed by atoms with Gasteiger partial charge in [0, 0.05) is 11.1 Å². The van der Waals surface area contributed by atoms with Crippen molar-refractivity contribution in [1.82, 2.24) is 0 Å². The molecule has 3 aromatic rings. The third kappa shape index (κ3) is 3.97. The predicted molar refractivity (Wildman–Crippen MR) is 94.5 cm³/mol. The van der Waals surface area contributed by atoms with Crippen LogP contribution in [0.4, 0.5) is 11.4 Å². The lowest BCUT2D eigenvalue weighted by atomic mass is 9.99. The number of aliphatic hydroxyl groups excluding tert-OH is 1. The van der Waals surface area contributed by atoms with Gasteiger partial charge in [-0.15, -0.1) is 0 Å². The molecule has 0 aliphatic carbocycles. The van der Waals surface area contributed by atoms with Crippen LogP contribution in [0.5, 0.6) is 5.75 Å². The van der Waals surface area contributed by atoms with E-state index in [0.29, 0.717) is 22.5 Å². The molecule has 0 radical (unpaired) electrons. The molecule has 0 heterocycles. The van der Waals surface area contributed by atoms with E-state index in [1.165, 1.54) is 12.1 Å². The quantitative estimate of drug-likeness (QED) is 0.523. The Hall–Kier alpha value is -3.31. The van der Waals surface area contributed by atoms with Crippen molar-refractivity contribution in [3.63, 3.8) is 0 Å². The number of benzene rings is 3. The maximum Gasteiger partial charge on any atom is 0.195 e. The number of carbonyl (C=O) groups is 1. The molecule has 1 unspecified atom stereocenters. The van der Waals surface area contributed by atoms with Crippen molar-refractivity contribution in [2.75, 3.05) is 0 Å². The van der Waals surface area contributed by atoms with Crippen LogP contribution in [0.3, 0.4) is 0 Å². The number of nitrogens with zero attached hydrogens (tertiary/aromatic N) is 2. The predicted octanol–water partition coefficient (Wildman–Crippen LogP) is 4.72. The summed E-state index contributed by atoms with van der Waals surface area (Å²) in [5.74, 6) is -0.254. The van der Waals surface area contributed by atoms with Crippen LogP contribution in [-0.4, -0.2) is 16.0 Å². The first-order valence-corrected chi connectivity index (χ1v) is 7.72. The van der Waals surface area contributed by atoms with Gasteiger partial charge in [0.2, 0.25) is 0 Å². The second-order valence-corrected chi connectivity index (χ2v) is 5.41. The lowest BCUT2D eigenvalue weighted by Gasteiger charge is -2.12. The van der Waals surface area contributed by atoms with Gasteiger partial charge in [-0.3, -0.25) is 4.79 Å². The summed E-state index contributed by atoms with van der Waals surface area (Å²) in [7, 11) is 0. The van der Waals surface area contributed by atoms with Crippen LogP contribution >= 0.6 is 0 Å². The molecule has 0 fully saturated rings. The zero-order valence-electron chi connectivity index (χ0n) is 13.3. The molecule has 5 nitrogen and oxygen atoms in total. The van der Waals surface area contributed by atoms with E-state index in [4.69, 9.17) is 0 Å². The summed E-state index contributed by atoms with van der Waals surface area (Å²) in [6.45, 7) is 0. The van der Waals surface area contributed by atoms with Crippen LogP contribution in [0.25, 0.3) is 0 Å². The van der Waals surface area contributed by atoms with Gasteiger partial charge in [0.1, 0.15) is 11.9 Å². The molecule has 2 N–H and O–H groups in total. The number of aliphatic hydroxyl groups is 1. The first-order valence-electron chi connectivity index (χ1n) is 7.72. The van der Waals surface area contributed by atoms with Crippen molar-refractivity contribution in [3.05, 3.63) is 90.0 Å². The summed E-state index contributed by atoms with van der Waals surface area (Å²) in [5.41, 5.74) is 1.78. The average molecular weight is 332 g/mol. The molecule has 3 aromatic carbocycles. The van der Waals surface area contributed by atoms with Crippen molar-refractivity contribution in [2.24, 2.45) is 10.2 Å². The highest BCUT2D eigenvalue weighted by Gasteiger charge is 2.21. The molecule has 0 amide bonds. The zero-order chi connectivity index (χ0) is 17.6. The van der Waals surface area contributed by atoms with Crippen LogP contribution in [0.1, 0.15) is 22.0 Å². The molecule has 0 spiro atoms. The number of phenolic OH excluding ortho intramolecular Hbond substituents is 1. The molecule has 5 heteroatoms. The number of phenols is 1. The summed E-state index contributed by atoms with van der Waals surface area (Å²) in [4.78, 5) is 12.5. The Morgan fingerprint density at radius 2 is 1.44 bits per heavy atom. The number of azo groups is 1. The minimum absolute atomic E-state index is 0.142. The van der Waals surface area contributed by atoms with E-state index in [-0.39, 0.29) is 5.75 Å². The van der Waals surface area contributed by atoms with Gasteiger partial charge in [-0.25, -0.2) is 0 Å². The van der Waals surface area contributed by atoms with E-state index >= 15 is 0 Å². The monoisotopic (exact) mass is 332 g/mol. The van der Waals surface area contributed by atoms with Crippen molar-refractivity contribution in [3.8, 4) is 5.75 Å². The second kappa shape index (κ2) is 7.51. The minimum Gasteiger partial charge on any atom is -0.508 e. The summed E-state index contributed by atoms with van der Waals surface area (Å²) >= 11 is 0. The number of aromatic hydroxyl groups is 1. The smallest absolute Gasteiger partial charge is 0.195 e. The molecule has 1 atom stereocenters. The van der Waals surface area contributed by atoms with Gasteiger partial charge in [-0.05, 0) is 30.3 Å². The average Bonchev–Trinajstić information content (AvgIpc) is 2.67. The summed E-state index contributed by atoms with van der Waals surface area (Å²) in [6, 6.07) is 21.7. The van der Waals surface area contributed by atoms with Gasteiger partial charge in [-0.1, -0.05) is 48.5 Å². The number of ketones is 1. The van der Waals surface area contributed by atoms with Crippen LogP contribution in [-0.2, 0) is 0 Å². The van der Waals surface area contributed by atoms with E-state index in [0.717, 1.165) is 0 Å². The zero-order valence-corrected chi connectivity index (χ0v) is 13.3. The van der Waals surface area contributed by atoms with E-state index < -0.39 is 11.9 Å². The SMILES string of the molecule is O=C(c1ccccc1)C(O)c1ccccc1N=Nc1ccc(O)cc1. The van der Waals surface area contributed by atoms with Crippen molar-refractivity contribution in [2.45, 2.75) is 6.10 Å². The number of Topliss-reactive ketones (excluding diaryl/α,β-unsaturated/α-hetero) is 1. The molecule has 25 heavy (non-hydrogen) atoms. The van der Waals surface area contributed by atoms with Crippen LogP contribution < -0.4 is 0 Å². The highest BCUT2D eigenvalue weighted by Crippen LogP contribution is 2.29. The number of carbonyl (C=O) groups excluding carboxylic acids is 1. The Kier molecular flexibility index (Phi) is 4.97. The second-order valence-electron chi connectivity index (χ2n) is 5.41. The van der Waals surface area contributed by atoms with Crippen molar-refractivity contribution >= 4 is 17.2 Å². The van der Waals surface area contributed by atoms with Crippen LogP contribution in [0.15, 0.2) is 89.1 Å². The van der Waals surface area contributed by atoms with Crippen LogP contribution in [0.2, 0.25) is 0 Å². The Bertz CT molecular complexity index is 890. The Morgan fingerprint density at radius 1 is 0.800 bits per heavy atom. The molecular formula is C20H16N2O3. The van der Waals surface area contributed by atoms with Crippen LogP contribution in [0, 0.1) is 0 Å². The molecule has 0 saturated carbocycles. The van der Waals surface area contributed by atoms with E-state index in [1.807, 2.05) is 6.07 Å². The third-order valence-electron chi connectivity index (χ3n) is 3.66. The normalized spacial score (nSPS) is 12.2. The highest BCUT2D eigenvalue weighted by atomic mass is 16.3. The van der Waals surface area contributed by atoms with Gasteiger partial charge in [0.15, 0.2) is 5.78 Å². The van der Waals surface area contributed by atoms with E-state index in [1.54, 1.807) is 60.7 Å². The maximum atomic E-state index is 12.5. The lowest BCUT2D eigenvalue weighted by Crippen LogP contribution is -2.12. The first-order chi connectivity index (χ1) is 12.1. The molecular weight excluding hydrogens is 316 g/mol. The summed E-state index contributed by atoms with van der Waals surface area (Å²) in [5, 5.41) is 28.0. The van der Waals surface area contributed by atoms with Gasteiger partial charge in [-0.2, -0.15) is 10.2 Å². The fourth-order valence-electron chi connectivity index (χ4n) is 2.34. The molecule has 124 valence electrons. The van der Waals surface area contributed by atoms with Gasteiger partial charge in [0.25, 0.3) is 0 Å². The molecule has 0 aliphatic heterocycles. The lowest BCUT2D eigenvalue weighted by molar-refractivity contribution is 0.0748. The molecule has 0 saturated heterocycles. The fraction of sp³-hybridized carbons (Fsp3) is 0.0500. The Labute approximate surface area is 144 Å². The topological polar surface area (TPSA) is 82.2 Å². The summed E-state index contributed by atoms with van der Waals surface area (Å²) in [6.07, 6.45) is -1.32. The fourth-order valence-corrected chi connectivity index (χ4v) is 2.34. The Morgan fingerprint density at radius 3 is 2.16 bits per heavy atom. The number of hydrogen-bond acceptors (Lipinski definition) is 5. The maximum absolute atomic E-state index is 12.5. The van der Waals surface area contributed by atoms with E-state index in [9.17, 15) is 15.0 Å².